The van der Waals surface area contributed by atoms with Crippen LogP contribution < -0.4 is 10.6 Å². The van der Waals surface area contributed by atoms with E-state index in [4.69, 9.17) is 0 Å². The largest absolute Gasteiger partial charge is 0.351 e. The van der Waals surface area contributed by atoms with E-state index in [1.165, 1.54) is 18.3 Å². The summed E-state index contributed by atoms with van der Waals surface area (Å²) in [5.41, 5.74) is 2.07. The van der Waals surface area contributed by atoms with Gasteiger partial charge in [-0.3, -0.25) is 9.59 Å². The molecule has 1 aromatic heterocycles. The lowest BCUT2D eigenvalue weighted by Gasteiger charge is -2.03. The summed E-state index contributed by atoms with van der Waals surface area (Å²) >= 11 is 1.47. The van der Waals surface area contributed by atoms with E-state index in [1.807, 2.05) is 38.1 Å². The Morgan fingerprint density at radius 3 is 2.77 bits per heavy atom. The van der Waals surface area contributed by atoms with Gasteiger partial charge in [-0.15, -0.1) is 11.3 Å². The van der Waals surface area contributed by atoms with E-state index in [0.29, 0.717) is 12.2 Å². The first-order valence-corrected chi connectivity index (χ1v) is 7.96. The average Bonchev–Trinajstić information content (AvgIpc) is 2.86. The smallest absolute Gasteiger partial charge is 0.271 e. The highest BCUT2D eigenvalue weighted by Crippen LogP contribution is 2.29. The zero-order valence-electron chi connectivity index (χ0n) is 12.9. The van der Waals surface area contributed by atoms with Crippen LogP contribution in [0.3, 0.4) is 0 Å². The summed E-state index contributed by atoms with van der Waals surface area (Å²) in [6, 6.07) is 7.44. The fourth-order valence-electron chi connectivity index (χ4n) is 1.99. The molecule has 0 aliphatic rings. The number of nitrogens with one attached hydrogen (secondary N) is 2. The van der Waals surface area contributed by atoms with Gasteiger partial charge >= 0.3 is 0 Å². The molecule has 0 unspecified atom stereocenters. The first-order valence-electron chi connectivity index (χ1n) is 7.15. The van der Waals surface area contributed by atoms with Crippen molar-refractivity contribution in [2.24, 2.45) is 0 Å². The van der Waals surface area contributed by atoms with Crippen molar-refractivity contribution in [2.75, 3.05) is 11.9 Å². The maximum atomic E-state index is 12.1. The lowest BCUT2D eigenvalue weighted by molar-refractivity contribution is -0.114. The molecule has 1 heterocycles. The highest BCUT2D eigenvalue weighted by molar-refractivity contribution is 7.15. The maximum absolute atomic E-state index is 12.1. The van der Waals surface area contributed by atoms with Crippen molar-refractivity contribution in [1.82, 2.24) is 10.3 Å². The Morgan fingerprint density at radius 1 is 1.32 bits per heavy atom. The van der Waals surface area contributed by atoms with Crippen molar-refractivity contribution in [2.45, 2.75) is 27.2 Å². The molecule has 0 aliphatic carbocycles. The number of benzene rings is 1. The number of rotatable bonds is 5. The van der Waals surface area contributed by atoms with Crippen LogP contribution >= 0.6 is 11.3 Å². The van der Waals surface area contributed by atoms with Gasteiger partial charge in [0.05, 0.1) is 0 Å². The highest BCUT2D eigenvalue weighted by Gasteiger charge is 2.16. The zero-order valence-corrected chi connectivity index (χ0v) is 13.7. The Hall–Kier alpha value is -2.21. The quantitative estimate of drug-likeness (QED) is 0.889. The minimum Gasteiger partial charge on any atom is -0.351 e. The Labute approximate surface area is 133 Å². The standard InChI is InChI=1S/C16H19N3O2S/c1-4-8-17-15(21)14-10(2)22-16(19-14)12-6-5-7-13(9-12)18-11(3)20/h5-7,9H,4,8H2,1-3H3,(H,17,21)(H,18,20). The van der Waals surface area contributed by atoms with Crippen LogP contribution in [-0.2, 0) is 4.79 Å². The number of thiazole rings is 1. The van der Waals surface area contributed by atoms with Gasteiger partial charge in [-0.25, -0.2) is 4.98 Å². The predicted octanol–water partition coefficient (Wildman–Crippen LogP) is 3.22. The minimum absolute atomic E-state index is 0.118. The van der Waals surface area contributed by atoms with E-state index in [1.54, 1.807) is 0 Å². The molecule has 0 fully saturated rings. The topological polar surface area (TPSA) is 71.1 Å². The molecule has 2 aromatic rings. The molecule has 5 nitrogen and oxygen atoms in total. The van der Waals surface area contributed by atoms with Crippen LogP contribution in [0.2, 0.25) is 0 Å². The number of hydrogen-bond donors (Lipinski definition) is 2. The van der Waals surface area contributed by atoms with Crippen molar-refractivity contribution in [3.05, 3.63) is 34.8 Å². The van der Waals surface area contributed by atoms with Gasteiger partial charge < -0.3 is 10.6 Å². The molecule has 2 N–H and O–H groups in total. The lowest BCUT2D eigenvalue weighted by atomic mass is 10.2. The van der Waals surface area contributed by atoms with Crippen LogP contribution in [0.15, 0.2) is 24.3 Å². The fraction of sp³-hybridized carbons (Fsp3) is 0.312. The lowest BCUT2D eigenvalue weighted by Crippen LogP contribution is -2.24. The van der Waals surface area contributed by atoms with Gasteiger partial charge in [0.15, 0.2) is 0 Å². The van der Waals surface area contributed by atoms with E-state index in [2.05, 4.69) is 15.6 Å². The molecule has 22 heavy (non-hydrogen) atoms. The van der Waals surface area contributed by atoms with Crippen LogP contribution in [0, 0.1) is 6.92 Å². The Balaban J connectivity index is 2.26. The third-order valence-electron chi connectivity index (χ3n) is 2.98. The van der Waals surface area contributed by atoms with Crippen molar-refractivity contribution in [3.63, 3.8) is 0 Å². The molecule has 0 saturated carbocycles. The first-order chi connectivity index (χ1) is 10.5. The second-order valence-corrected chi connectivity index (χ2v) is 6.14. The van der Waals surface area contributed by atoms with E-state index < -0.39 is 0 Å². The summed E-state index contributed by atoms with van der Waals surface area (Å²) < 4.78 is 0. The van der Waals surface area contributed by atoms with Crippen molar-refractivity contribution in [1.29, 1.82) is 0 Å². The second-order valence-electron chi connectivity index (χ2n) is 4.94. The highest BCUT2D eigenvalue weighted by atomic mass is 32.1. The van der Waals surface area contributed by atoms with Crippen LogP contribution in [0.1, 0.15) is 35.6 Å². The number of amides is 2. The van der Waals surface area contributed by atoms with Crippen LogP contribution in [-0.4, -0.2) is 23.3 Å². The molecule has 0 aliphatic heterocycles. The number of aryl methyl sites for hydroxylation is 1. The van der Waals surface area contributed by atoms with Gasteiger partial charge in [-0.1, -0.05) is 19.1 Å². The second kappa shape index (κ2) is 7.17. The molecule has 2 rings (SSSR count). The number of aromatic nitrogens is 1. The Kier molecular flexibility index (Phi) is 5.27. The number of nitrogens with zero attached hydrogens (tertiary/aromatic N) is 1. The van der Waals surface area contributed by atoms with Gasteiger partial charge in [0, 0.05) is 29.6 Å². The SMILES string of the molecule is CCCNC(=O)c1nc(-c2cccc(NC(C)=O)c2)sc1C. The zero-order chi connectivity index (χ0) is 16.1. The number of hydrogen-bond acceptors (Lipinski definition) is 4. The van der Waals surface area contributed by atoms with E-state index in [0.717, 1.165) is 27.6 Å². The summed E-state index contributed by atoms with van der Waals surface area (Å²) in [5, 5.41) is 6.36. The third kappa shape index (κ3) is 3.92. The normalized spacial score (nSPS) is 10.3. The molecular formula is C16H19N3O2S. The molecule has 1 aromatic carbocycles. The third-order valence-corrected chi connectivity index (χ3v) is 4.00. The molecule has 0 atom stereocenters. The van der Waals surface area contributed by atoms with Gasteiger partial charge in [0.1, 0.15) is 10.7 Å². The molecule has 0 saturated heterocycles. The van der Waals surface area contributed by atoms with Crippen LogP contribution in [0.4, 0.5) is 5.69 Å². The average molecular weight is 317 g/mol. The van der Waals surface area contributed by atoms with Crippen LogP contribution in [0.25, 0.3) is 10.6 Å². The fourth-order valence-corrected chi connectivity index (χ4v) is 2.89. The summed E-state index contributed by atoms with van der Waals surface area (Å²) in [7, 11) is 0. The van der Waals surface area contributed by atoms with Gasteiger partial charge in [-0.2, -0.15) is 0 Å². The Bertz CT molecular complexity index is 694. The van der Waals surface area contributed by atoms with Gasteiger partial charge in [0.2, 0.25) is 5.91 Å². The first kappa shape index (κ1) is 16.2. The molecular weight excluding hydrogens is 298 g/mol. The minimum atomic E-state index is -0.139. The Morgan fingerprint density at radius 2 is 2.09 bits per heavy atom. The molecule has 116 valence electrons. The van der Waals surface area contributed by atoms with E-state index in [-0.39, 0.29) is 11.8 Å². The number of anilines is 1. The molecule has 6 heteroatoms. The van der Waals surface area contributed by atoms with Crippen molar-refractivity contribution in [3.8, 4) is 10.6 Å². The summed E-state index contributed by atoms with van der Waals surface area (Å²) in [6.07, 6.45) is 0.889. The predicted molar refractivity (Wildman–Crippen MR) is 89.2 cm³/mol. The summed E-state index contributed by atoms with van der Waals surface area (Å²) in [5.74, 6) is -0.257. The van der Waals surface area contributed by atoms with Gasteiger partial charge in [-0.05, 0) is 25.5 Å². The maximum Gasteiger partial charge on any atom is 0.271 e. The van der Waals surface area contributed by atoms with E-state index >= 15 is 0 Å². The van der Waals surface area contributed by atoms with E-state index in [9.17, 15) is 9.59 Å². The summed E-state index contributed by atoms with van der Waals surface area (Å²) in [4.78, 5) is 28.5. The molecule has 0 radical (unpaired) electrons. The van der Waals surface area contributed by atoms with Crippen LogP contribution in [0.5, 0.6) is 0 Å². The van der Waals surface area contributed by atoms with Crippen molar-refractivity contribution >= 4 is 28.8 Å². The molecule has 2 amide bonds. The summed E-state index contributed by atoms with van der Waals surface area (Å²) in [6.45, 7) is 6.01. The monoisotopic (exact) mass is 317 g/mol. The van der Waals surface area contributed by atoms with Gasteiger partial charge in [0.25, 0.3) is 5.91 Å². The number of carbonyl (C=O) groups is 2. The number of carbonyl (C=O) groups excluding carboxylic acids is 2. The molecule has 0 bridgehead atoms. The molecule has 0 spiro atoms. The van der Waals surface area contributed by atoms with Crippen molar-refractivity contribution < 1.29 is 9.59 Å².